The van der Waals surface area contributed by atoms with Crippen LogP contribution < -0.4 is 16.6 Å². The lowest BCUT2D eigenvalue weighted by Crippen LogP contribution is -2.47. The molecule has 1 aliphatic carbocycles. The quantitative estimate of drug-likeness (QED) is 0.324. The first-order chi connectivity index (χ1) is 6.11. The smallest absolute Gasteiger partial charge is 0.329 e. The van der Waals surface area contributed by atoms with Crippen molar-refractivity contribution in [3.05, 3.63) is 0 Å². The number of hydrogen-bond acceptors (Lipinski definition) is 2. The third-order valence-corrected chi connectivity index (χ3v) is 2.64. The Bertz CT molecular complexity index is 174. The zero-order valence-electron chi connectivity index (χ0n) is 8.34. The van der Waals surface area contributed by atoms with E-state index in [1.807, 2.05) is 0 Å². The average molecular weight is 185 g/mol. The molecule has 0 aromatic heterocycles. The van der Waals surface area contributed by atoms with Crippen LogP contribution in [0.5, 0.6) is 0 Å². The average Bonchev–Trinajstić information content (AvgIpc) is 2.02. The summed E-state index contributed by atoms with van der Waals surface area (Å²) in [6.45, 7) is 4.45. The van der Waals surface area contributed by atoms with Gasteiger partial charge in [0.15, 0.2) is 0 Å². The van der Waals surface area contributed by atoms with Crippen LogP contribution in [0, 0.1) is 11.8 Å². The van der Waals surface area contributed by atoms with Crippen molar-refractivity contribution >= 4 is 6.03 Å². The van der Waals surface area contributed by atoms with Crippen LogP contribution in [0.1, 0.15) is 33.1 Å². The van der Waals surface area contributed by atoms with Crippen molar-refractivity contribution < 1.29 is 4.79 Å². The number of hydrogen-bond donors (Lipinski definition) is 3. The number of nitrogens with one attached hydrogen (secondary N) is 2. The summed E-state index contributed by atoms with van der Waals surface area (Å²) in [6.07, 6.45) is 3.40. The van der Waals surface area contributed by atoms with Gasteiger partial charge in [0.25, 0.3) is 0 Å². The van der Waals surface area contributed by atoms with Gasteiger partial charge < -0.3 is 5.32 Å². The predicted octanol–water partition coefficient (Wildman–Crippen LogP) is 0.984. The zero-order valence-corrected chi connectivity index (χ0v) is 8.34. The van der Waals surface area contributed by atoms with Crippen LogP contribution in [0.15, 0.2) is 0 Å². The fourth-order valence-electron chi connectivity index (χ4n) is 2.29. The van der Waals surface area contributed by atoms with Crippen LogP contribution in [0.25, 0.3) is 0 Å². The molecule has 13 heavy (non-hydrogen) atoms. The highest BCUT2D eigenvalue weighted by Gasteiger charge is 2.24. The van der Waals surface area contributed by atoms with Crippen molar-refractivity contribution in [3.8, 4) is 0 Å². The summed E-state index contributed by atoms with van der Waals surface area (Å²) in [4.78, 5) is 10.9. The minimum Gasteiger partial charge on any atom is -0.334 e. The summed E-state index contributed by atoms with van der Waals surface area (Å²) in [5.74, 6) is 6.40. The van der Waals surface area contributed by atoms with Crippen molar-refractivity contribution in [1.82, 2.24) is 10.7 Å². The van der Waals surface area contributed by atoms with Crippen LogP contribution in [0.3, 0.4) is 0 Å². The Balaban J connectivity index is 2.37. The van der Waals surface area contributed by atoms with E-state index in [1.54, 1.807) is 0 Å². The summed E-state index contributed by atoms with van der Waals surface area (Å²) in [5, 5.41) is 2.85. The second kappa shape index (κ2) is 4.46. The predicted molar refractivity (Wildman–Crippen MR) is 51.8 cm³/mol. The van der Waals surface area contributed by atoms with Crippen LogP contribution in [-0.4, -0.2) is 12.1 Å². The molecule has 4 nitrogen and oxygen atoms in total. The number of nitrogens with two attached hydrogens (primary N) is 1. The molecule has 76 valence electrons. The lowest BCUT2D eigenvalue weighted by atomic mass is 9.80. The molecule has 0 aromatic rings. The monoisotopic (exact) mass is 185 g/mol. The first kappa shape index (κ1) is 10.3. The molecular weight excluding hydrogens is 166 g/mol. The van der Waals surface area contributed by atoms with Gasteiger partial charge in [0.1, 0.15) is 0 Å². The van der Waals surface area contributed by atoms with Crippen molar-refractivity contribution in [3.63, 3.8) is 0 Å². The number of urea groups is 1. The third-order valence-electron chi connectivity index (χ3n) is 2.64. The van der Waals surface area contributed by atoms with Gasteiger partial charge in [-0.3, -0.25) is 5.43 Å². The summed E-state index contributed by atoms with van der Waals surface area (Å²) in [6, 6.07) is 0.0219. The van der Waals surface area contributed by atoms with Gasteiger partial charge in [-0.2, -0.15) is 0 Å². The normalized spacial score (nSPS) is 33.9. The van der Waals surface area contributed by atoms with Crippen molar-refractivity contribution in [1.29, 1.82) is 0 Å². The Morgan fingerprint density at radius 1 is 1.23 bits per heavy atom. The number of amides is 2. The van der Waals surface area contributed by atoms with Gasteiger partial charge in [0, 0.05) is 6.04 Å². The molecule has 0 bridgehead atoms. The fourth-order valence-corrected chi connectivity index (χ4v) is 2.29. The summed E-state index contributed by atoms with van der Waals surface area (Å²) in [5.41, 5.74) is 2.09. The van der Waals surface area contributed by atoms with Crippen LogP contribution in [0.2, 0.25) is 0 Å². The number of carbonyl (C=O) groups excluding carboxylic acids is 1. The second-order valence-corrected chi connectivity index (χ2v) is 4.23. The van der Waals surface area contributed by atoms with E-state index in [2.05, 4.69) is 24.6 Å². The largest absolute Gasteiger partial charge is 0.334 e. The molecule has 1 saturated carbocycles. The van der Waals surface area contributed by atoms with Gasteiger partial charge in [-0.25, -0.2) is 10.6 Å². The second-order valence-electron chi connectivity index (χ2n) is 4.23. The van der Waals surface area contributed by atoms with E-state index in [-0.39, 0.29) is 6.03 Å². The van der Waals surface area contributed by atoms with Gasteiger partial charge in [0.2, 0.25) is 0 Å². The van der Waals surface area contributed by atoms with E-state index in [1.165, 1.54) is 6.42 Å². The standard InChI is InChI=1S/C9H19N3O/c1-6-3-7(2)5-8(4-6)11-9(13)12-10/h6-8H,3-5,10H2,1-2H3,(H2,11,12,13). The first-order valence-corrected chi connectivity index (χ1v) is 4.89. The van der Waals surface area contributed by atoms with Gasteiger partial charge in [-0.15, -0.1) is 0 Å². The number of carbonyl (C=O) groups is 1. The van der Waals surface area contributed by atoms with E-state index in [9.17, 15) is 4.79 Å². The molecule has 2 unspecified atom stereocenters. The highest BCUT2D eigenvalue weighted by atomic mass is 16.2. The first-order valence-electron chi connectivity index (χ1n) is 4.89. The molecule has 2 atom stereocenters. The summed E-state index contributed by atoms with van der Waals surface area (Å²) >= 11 is 0. The molecule has 1 fully saturated rings. The maximum atomic E-state index is 10.9. The molecule has 4 N–H and O–H groups in total. The molecule has 0 aromatic carbocycles. The highest BCUT2D eigenvalue weighted by Crippen LogP contribution is 2.28. The van der Waals surface area contributed by atoms with Gasteiger partial charge in [0.05, 0.1) is 0 Å². The Morgan fingerprint density at radius 2 is 1.77 bits per heavy atom. The molecule has 4 heteroatoms. The van der Waals surface area contributed by atoms with Crippen LogP contribution >= 0.6 is 0 Å². The lowest BCUT2D eigenvalue weighted by molar-refractivity contribution is 0.213. The summed E-state index contributed by atoms with van der Waals surface area (Å²) < 4.78 is 0. The molecule has 2 amide bonds. The summed E-state index contributed by atoms with van der Waals surface area (Å²) in [7, 11) is 0. The zero-order chi connectivity index (χ0) is 9.84. The maximum Gasteiger partial charge on any atom is 0.329 e. The van der Waals surface area contributed by atoms with Gasteiger partial charge in [-0.1, -0.05) is 13.8 Å². The van der Waals surface area contributed by atoms with Gasteiger partial charge >= 0.3 is 6.03 Å². The topological polar surface area (TPSA) is 67.2 Å². The molecule has 0 aliphatic heterocycles. The molecule has 0 spiro atoms. The molecular formula is C9H19N3O. The maximum absolute atomic E-state index is 10.9. The Labute approximate surface area is 79.2 Å². The van der Waals surface area contributed by atoms with Crippen molar-refractivity contribution in [2.24, 2.45) is 17.7 Å². The number of rotatable bonds is 1. The van der Waals surface area contributed by atoms with E-state index in [0.29, 0.717) is 17.9 Å². The van der Waals surface area contributed by atoms with Crippen molar-refractivity contribution in [2.45, 2.75) is 39.2 Å². The Kier molecular flexibility index (Phi) is 3.54. The molecule has 0 heterocycles. The minimum atomic E-state index is -0.272. The van der Waals surface area contributed by atoms with Crippen LogP contribution in [0.4, 0.5) is 4.79 Å². The SMILES string of the molecule is CC1CC(C)CC(NC(=O)NN)C1. The molecule has 0 radical (unpaired) electrons. The molecule has 1 rings (SSSR count). The number of hydrazine groups is 1. The van der Waals surface area contributed by atoms with E-state index in [4.69, 9.17) is 5.84 Å². The highest BCUT2D eigenvalue weighted by molar-refractivity contribution is 5.73. The van der Waals surface area contributed by atoms with E-state index in [0.717, 1.165) is 12.8 Å². The van der Waals surface area contributed by atoms with E-state index >= 15 is 0 Å². The van der Waals surface area contributed by atoms with E-state index < -0.39 is 0 Å². The van der Waals surface area contributed by atoms with Gasteiger partial charge in [-0.05, 0) is 31.1 Å². The molecule has 1 aliphatic rings. The Hall–Kier alpha value is -0.770. The van der Waals surface area contributed by atoms with Crippen molar-refractivity contribution in [2.75, 3.05) is 0 Å². The fraction of sp³-hybridized carbons (Fsp3) is 0.889. The third kappa shape index (κ3) is 3.22. The Morgan fingerprint density at radius 3 is 2.23 bits per heavy atom. The minimum absolute atomic E-state index is 0.272. The lowest BCUT2D eigenvalue weighted by Gasteiger charge is -2.31. The van der Waals surface area contributed by atoms with Crippen LogP contribution in [-0.2, 0) is 0 Å². The molecule has 0 saturated heterocycles.